The van der Waals surface area contributed by atoms with E-state index >= 15 is 0 Å². The van der Waals surface area contributed by atoms with E-state index in [0.717, 1.165) is 37.7 Å². The van der Waals surface area contributed by atoms with E-state index in [1.54, 1.807) is 0 Å². The molecule has 1 atom stereocenters. The number of hydrogen-bond acceptors (Lipinski definition) is 3. The second-order valence-electron chi connectivity index (χ2n) is 9.70. The molecular weight excluding hydrogens is 362 g/mol. The Morgan fingerprint density at radius 3 is 2.21 bits per heavy atom. The third-order valence-electron chi connectivity index (χ3n) is 7.35. The summed E-state index contributed by atoms with van der Waals surface area (Å²) in [5.74, 6) is 2.18. The van der Waals surface area contributed by atoms with Gasteiger partial charge in [-0.3, -0.25) is 9.59 Å². The van der Waals surface area contributed by atoms with Crippen molar-refractivity contribution in [3.05, 3.63) is 35.9 Å². The van der Waals surface area contributed by atoms with Crippen molar-refractivity contribution in [1.82, 2.24) is 10.6 Å². The Bertz CT molecular complexity index is 683. The first kappa shape index (κ1) is 20.4. The lowest BCUT2D eigenvalue weighted by Gasteiger charge is -2.55. The minimum Gasteiger partial charge on any atom is -0.354 e. The number of unbranched alkanes of at least 4 members (excludes halogenated alkanes) is 1. The van der Waals surface area contributed by atoms with Crippen LogP contribution < -0.4 is 16.4 Å². The number of rotatable bonds is 9. The summed E-state index contributed by atoms with van der Waals surface area (Å²) in [5, 5.41) is 6.20. The lowest BCUT2D eigenvalue weighted by molar-refractivity contribution is -0.148. The highest BCUT2D eigenvalue weighted by molar-refractivity contribution is 5.90. The minimum atomic E-state index is -0.518. The van der Waals surface area contributed by atoms with Gasteiger partial charge in [0.1, 0.15) is 6.04 Å². The summed E-state index contributed by atoms with van der Waals surface area (Å²) in [4.78, 5) is 26.4. The summed E-state index contributed by atoms with van der Waals surface area (Å²) in [6, 6.07) is 9.45. The van der Waals surface area contributed by atoms with Gasteiger partial charge < -0.3 is 16.4 Å². The maximum atomic E-state index is 13.5. The van der Waals surface area contributed by atoms with Gasteiger partial charge in [0.15, 0.2) is 0 Å². The quantitative estimate of drug-likeness (QED) is 0.560. The standard InChI is InChI=1S/C24H35N3O2/c25-8-4-5-9-26-22(28)21(13-17-6-2-1-3-7-17)27-23(29)24-14-18-10-19(15-24)12-20(11-18)16-24/h1-3,6-7,18-21H,4-5,8-16,25H2,(H,26,28)(H,27,29). The molecule has 0 radical (unpaired) electrons. The normalized spacial score (nSPS) is 30.7. The summed E-state index contributed by atoms with van der Waals surface area (Å²) in [7, 11) is 0. The lowest BCUT2D eigenvalue weighted by atomic mass is 9.49. The Labute approximate surface area is 174 Å². The highest BCUT2D eigenvalue weighted by Gasteiger charge is 2.54. The molecule has 4 aliphatic rings. The van der Waals surface area contributed by atoms with Gasteiger partial charge in [0.05, 0.1) is 0 Å². The lowest BCUT2D eigenvalue weighted by Crippen LogP contribution is -2.57. The zero-order valence-corrected chi connectivity index (χ0v) is 17.4. The molecule has 4 saturated carbocycles. The van der Waals surface area contributed by atoms with Crippen LogP contribution >= 0.6 is 0 Å². The monoisotopic (exact) mass is 397 g/mol. The molecule has 0 aliphatic heterocycles. The van der Waals surface area contributed by atoms with Crippen LogP contribution in [0.15, 0.2) is 30.3 Å². The SMILES string of the molecule is NCCCCNC(=O)C(Cc1ccccc1)NC(=O)C12CC3CC(CC(C3)C1)C2. The van der Waals surface area contributed by atoms with Crippen molar-refractivity contribution in [2.45, 2.75) is 63.8 Å². The Kier molecular flexibility index (Phi) is 6.23. The van der Waals surface area contributed by atoms with E-state index < -0.39 is 6.04 Å². The second-order valence-corrected chi connectivity index (χ2v) is 9.70. The zero-order chi connectivity index (χ0) is 20.3. The van der Waals surface area contributed by atoms with Crippen LogP contribution in [-0.4, -0.2) is 30.9 Å². The zero-order valence-electron chi connectivity index (χ0n) is 17.4. The number of carbonyl (C=O) groups excluding carboxylic acids is 2. The average Bonchev–Trinajstić information content (AvgIpc) is 2.70. The van der Waals surface area contributed by atoms with Crippen LogP contribution in [0, 0.1) is 23.2 Å². The molecule has 0 spiro atoms. The van der Waals surface area contributed by atoms with Crippen molar-refractivity contribution >= 4 is 11.8 Å². The third kappa shape index (κ3) is 4.66. The smallest absolute Gasteiger partial charge is 0.242 e. The molecule has 0 aromatic heterocycles. The van der Waals surface area contributed by atoms with Crippen LogP contribution in [0.5, 0.6) is 0 Å². The molecule has 4 N–H and O–H groups in total. The highest BCUT2D eigenvalue weighted by atomic mass is 16.2. The van der Waals surface area contributed by atoms with E-state index in [1.807, 2.05) is 30.3 Å². The first-order chi connectivity index (χ1) is 14.1. The van der Waals surface area contributed by atoms with Gasteiger partial charge >= 0.3 is 0 Å². The van der Waals surface area contributed by atoms with E-state index in [4.69, 9.17) is 5.73 Å². The maximum absolute atomic E-state index is 13.5. The average molecular weight is 398 g/mol. The molecule has 5 heteroatoms. The van der Waals surface area contributed by atoms with Crippen molar-refractivity contribution in [1.29, 1.82) is 0 Å². The first-order valence-electron chi connectivity index (χ1n) is 11.4. The molecule has 5 nitrogen and oxygen atoms in total. The van der Waals surface area contributed by atoms with Crippen LogP contribution in [0.2, 0.25) is 0 Å². The second kappa shape index (κ2) is 8.86. The van der Waals surface area contributed by atoms with Crippen molar-refractivity contribution in [3.8, 4) is 0 Å². The molecule has 0 saturated heterocycles. The number of hydrogen-bond donors (Lipinski definition) is 3. The van der Waals surface area contributed by atoms with Crippen LogP contribution in [-0.2, 0) is 16.0 Å². The number of amides is 2. The fraction of sp³-hybridized carbons (Fsp3) is 0.667. The fourth-order valence-corrected chi connectivity index (χ4v) is 6.36. The van der Waals surface area contributed by atoms with Crippen molar-refractivity contribution < 1.29 is 9.59 Å². The van der Waals surface area contributed by atoms with Crippen molar-refractivity contribution in [2.24, 2.45) is 28.9 Å². The van der Waals surface area contributed by atoms with Crippen molar-refractivity contribution in [3.63, 3.8) is 0 Å². The van der Waals surface area contributed by atoms with Crippen LogP contribution in [0.1, 0.15) is 56.9 Å². The number of carbonyl (C=O) groups is 2. The summed E-state index contributed by atoms with van der Waals surface area (Å²) in [5.41, 5.74) is 6.38. The molecule has 0 heterocycles. The molecule has 5 rings (SSSR count). The summed E-state index contributed by atoms with van der Waals surface area (Å²) < 4.78 is 0. The van der Waals surface area contributed by atoms with Gasteiger partial charge in [-0.1, -0.05) is 30.3 Å². The predicted molar refractivity (Wildman–Crippen MR) is 114 cm³/mol. The molecule has 4 aliphatic carbocycles. The van der Waals surface area contributed by atoms with Gasteiger partial charge in [0.2, 0.25) is 11.8 Å². The summed E-state index contributed by atoms with van der Waals surface area (Å²) >= 11 is 0. The number of nitrogens with two attached hydrogens (primary N) is 1. The van der Waals surface area contributed by atoms with Gasteiger partial charge in [-0.2, -0.15) is 0 Å². The van der Waals surface area contributed by atoms with Gasteiger partial charge in [-0.25, -0.2) is 0 Å². The highest BCUT2D eigenvalue weighted by Crippen LogP contribution is 2.60. The largest absolute Gasteiger partial charge is 0.354 e. The topological polar surface area (TPSA) is 84.2 Å². The molecule has 4 fully saturated rings. The van der Waals surface area contributed by atoms with Crippen LogP contribution in [0.3, 0.4) is 0 Å². The molecule has 1 aromatic carbocycles. The summed E-state index contributed by atoms with van der Waals surface area (Å²) in [6.07, 6.45) is 9.25. The molecule has 1 unspecified atom stereocenters. The molecule has 1 aromatic rings. The first-order valence-corrected chi connectivity index (χ1v) is 11.4. The fourth-order valence-electron chi connectivity index (χ4n) is 6.36. The Balaban J connectivity index is 1.44. The van der Waals surface area contributed by atoms with Crippen LogP contribution in [0.4, 0.5) is 0 Å². The van der Waals surface area contributed by atoms with E-state index in [2.05, 4.69) is 10.6 Å². The maximum Gasteiger partial charge on any atom is 0.242 e. The van der Waals surface area contributed by atoms with E-state index in [-0.39, 0.29) is 17.2 Å². The van der Waals surface area contributed by atoms with E-state index in [9.17, 15) is 9.59 Å². The van der Waals surface area contributed by atoms with Gasteiger partial charge in [0.25, 0.3) is 0 Å². The Morgan fingerprint density at radius 2 is 1.62 bits per heavy atom. The molecule has 158 valence electrons. The molecule has 4 bridgehead atoms. The molecular formula is C24H35N3O2. The summed E-state index contributed by atoms with van der Waals surface area (Å²) in [6.45, 7) is 1.24. The predicted octanol–water partition coefficient (Wildman–Crippen LogP) is 2.79. The number of benzene rings is 1. The molecule has 29 heavy (non-hydrogen) atoms. The third-order valence-corrected chi connectivity index (χ3v) is 7.35. The van der Waals surface area contributed by atoms with Crippen LogP contribution in [0.25, 0.3) is 0 Å². The Morgan fingerprint density at radius 1 is 1.00 bits per heavy atom. The number of nitrogens with one attached hydrogen (secondary N) is 2. The van der Waals surface area contributed by atoms with Crippen molar-refractivity contribution in [2.75, 3.05) is 13.1 Å². The Hall–Kier alpha value is -1.88. The molecule has 2 amide bonds. The van der Waals surface area contributed by atoms with E-state index in [0.29, 0.717) is 37.3 Å². The van der Waals surface area contributed by atoms with E-state index in [1.165, 1.54) is 19.3 Å². The van der Waals surface area contributed by atoms with Gasteiger partial charge in [-0.15, -0.1) is 0 Å². The minimum absolute atomic E-state index is 0.0797. The van der Waals surface area contributed by atoms with Gasteiger partial charge in [0, 0.05) is 18.4 Å². The van der Waals surface area contributed by atoms with Gasteiger partial charge in [-0.05, 0) is 81.2 Å².